The number of carbonyl (C=O) groups is 2. The van der Waals surface area contributed by atoms with Gasteiger partial charge in [0.15, 0.2) is 0 Å². The zero-order valence-electron chi connectivity index (χ0n) is 11.1. The van der Waals surface area contributed by atoms with Crippen LogP contribution in [0.2, 0.25) is 0 Å². The minimum Gasteiger partial charge on any atom is -0.392 e. The van der Waals surface area contributed by atoms with Crippen molar-refractivity contribution < 1.29 is 14.3 Å². The largest absolute Gasteiger partial charge is 0.392 e. The molecule has 0 aliphatic carbocycles. The van der Waals surface area contributed by atoms with Gasteiger partial charge in [-0.3, -0.25) is 9.59 Å². The van der Waals surface area contributed by atoms with Crippen LogP contribution in [-0.2, 0) is 14.3 Å². The molecule has 0 aromatic carbocycles. The number of ether oxygens (including phenoxy) is 1. The molecule has 1 aliphatic rings. The Morgan fingerprint density at radius 1 is 0.824 bits per heavy atom. The lowest BCUT2D eigenvalue weighted by Crippen LogP contribution is -2.28. The van der Waals surface area contributed by atoms with E-state index in [0.29, 0.717) is 0 Å². The van der Waals surface area contributed by atoms with Crippen molar-refractivity contribution in [3.8, 4) is 0 Å². The van der Waals surface area contributed by atoms with Crippen LogP contribution in [0.25, 0.3) is 0 Å². The molecule has 0 radical (unpaired) electrons. The molecule has 0 amide bonds. The Morgan fingerprint density at radius 2 is 1.12 bits per heavy atom. The van der Waals surface area contributed by atoms with Gasteiger partial charge in [-0.2, -0.15) is 0 Å². The fourth-order valence-electron chi connectivity index (χ4n) is 2.41. The van der Waals surface area contributed by atoms with E-state index in [1.165, 1.54) is 0 Å². The van der Waals surface area contributed by atoms with Gasteiger partial charge in [0.1, 0.15) is 0 Å². The number of hydrogen-bond acceptors (Lipinski definition) is 3. The summed E-state index contributed by atoms with van der Waals surface area (Å²) in [5.41, 5.74) is -0.225. The second kappa shape index (κ2) is 6.81. The molecule has 2 atom stereocenters. The van der Waals surface area contributed by atoms with Gasteiger partial charge in [0.2, 0.25) is 0 Å². The van der Waals surface area contributed by atoms with E-state index in [2.05, 4.69) is 27.7 Å². The van der Waals surface area contributed by atoms with Crippen LogP contribution in [0.4, 0.5) is 0 Å². The lowest BCUT2D eigenvalue weighted by molar-refractivity contribution is -0.151. The van der Waals surface area contributed by atoms with Gasteiger partial charge in [-0.25, -0.2) is 0 Å². The number of rotatable bonds is 6. The fraction of sp³-hybridized carbons (Fsp3) is 0.833. The molecule has 0 N–H and O–H groups in total. The molecule has 1 rings (SSSR count). The monoisotopic (exact) mass is 276 g/mol. The zero-order chi connectivity index (χ0) is 13.0. The third kappa shape index (κ3) is 3.06. The molecule has 0 bridgehead atoms. The Kier molecular flexibility index (Phi) is 6.03. The Morgan fingerprint density at radius 3 is 1.35 bits per heavy atom. The van der Waals surface area contributed by atoms with E-state index in [1.54, 1.807) is 0 Å². The van der Waals surface area contributed by atoms with E-state index >= 15 is 0 Å². The maximum absolute atomic E-state index is 11.9. The van der Waals surface area contributed by atoms with Crippen LogP contribution in [0.3, 0.4) is 0 Å². The predicted octanol–water partition coefficient (Wildman–Crippen LogP) is 2.85. The summed E-state index contributed by atoms with van der Waals surface area (Å²) >= 11 is 0. The van der Waals surface area contributed by atoms with E-state index in [0.717, 1.165) is 24.6 Å². The van der Waals surface area contributed by atoms with Gasteiger partial charge < -0.3 is 4.74 Å². The predicted molar refractivity (Wildman–Crippen MR) is 74.7 cm³/mol. The number of cyclic esters (lactones) is 2. The lowest BCUT2D eigenvalue weighted by atomic mass is 10.3. The number of carbonyl (C=O) groups excluding carboxylic acids is 2. The number of esters is 2. The Bertz CT molecular complexity index is 257. The van der Waals surface area contributed by atoms with Gasteiger partial charge in [-0.15, -0.1) is 0 Å². The average molecular weight is 276 g/mol. The summed E-state index contributed by atoms with van der Waals surface area (Å²) in [6.07, 6.45) is 4.02. The van der Waals surface area contributed by atoms with Crippen LogP contribution in [0.5, 0.6) is 0 Å². The molecule has 0 aromatic rings. The molecule has 1 aliphatic heterocycles. The molecule has 0 spiro atoms. The quantitative estimate of drug-likeness (QED) is 0.425. The van der Waals surface area contributed by atoms with Crippen molar-refractivity contribution in [2.75, 3.05) is 24.6 Å². The molecule has 3 nitrogen and oxygen atoms in total. The van der Waals surface area contributed by atoms with E-state index in [4.69, 9.17) is 4.74 Å². The van der Waals surface area contributed by atoms with Crippen LogP contribution in [0.15, 0.2) is 0 Å². The molecule has 98 valence electrons. The van der Waals surface area contributed by atoms with Crippen LogP contribution in [-0.4, -0.2) is 47.9 Å². The second-order valence-electron chi connectivity index (χ2n) is 4.07. The standard InChI is InChI=1S/C12H22O3P2/c1-5-16(6-2)9-10(17(7-3)8-4)12(14)15-11(9)13/h9-10H,5-8H2,1-4H3. The maximum atomic E-state index is 11.9. The van der Waals surface area contributed by atoms with Crippen molar-refractivity contribution >= 4 is 27.8 Å². The summed E-state index contributed by atoms with van der Waals surface area (Å²) in [5.74, 6) is -0.492. The summed E-state index contributed by atoms with van der Waals surface area (Å²) in [7, 11) is -0.771. The van der Waals surface area contributed by atoms with Crippen LogP contribution in [0.1, 0.15) is 27.7 Å². The first-order valence-corrected chi connectivity index (χ1v) is 9.90. The first-order chi connectivity index (χ1) is 8.10. The Balaban J connectivity index is 2.97. The molecule has 2 unspecified atom stereocenters. The van der Waals surface area contributed by atoms with Crippen molar-refractivity contribution in [2.45, 2.75) is 39.0 Å². The Labute approximate surface area is 106 Å². The van der Waals surface area contributed by atoms with E-state index < -0.39 is 0 Å². The van der Waals surface area contributed by atoms with Gasteiger partial charge in [-0.1, -0.05) is 43.5 Å². The van der Waals surface area contributed by atoms with Crippen molar-refractivity contribution in [1.82, 2.24) is 0 Å². The summed E-state index contributed by atoms with van der Waals surface area (Å²) in [6.45, 7) is 8.45. The van der Waals surface area contributed by atoms with E-state index in [-0.39, 0.29) is 39.1 Å². The molecule has 17 heavy (non-hydrogen) atoms. The van der Waals surface area contributed by atoms with Crippen molar-refractivity contribution in [3.05, 3.63) is 0 Å². The SMILES string of the molecule is CCP(CC)C1C(=O)OC(=O)C1P(CC)CC. The summed E-state index contributed by atoms with van der Waals surface area (Å²) < 4.78 is 4.91. The molecule has 1 heterocycles. The Hall–Kier alpha value is -0.0000000000000000555. The van der Waals surface area contributed by atoms with Crippen LogP contribution in [0, 0.1) is 0 Å². The van der Waals surface area contributed by atoms with Crippen LogP contribution >= 0.6 is 15.8 Å². The highest BCUT2D eigenvalue weighted by molar-refractivity contribution is 7.64. The smallest absolute Gasteiger partial charge is 0.322 e. The third-order valence-electron chi connectivity index (χ3n) is 3.39. The van der Waals surface area contributed by atoms with Crippen molar-refractivity contribution in [1.29, 1.82) is 0 Å². The van der Waals surface area contributed by atoms with Gasteiger partial charge in [0.25, 0.3) is 0 Å². The fourth-order valence-corrected chi connectivity index (χ4v) is 7.75. The lowest BCUT2D eigenvalue weighted by Gasteiger charge is -2.27. The number of hydrogen-bond donors (Lipinski definition) is 0. The first kappa shape index (κ1) is 15.1. The highest BCUT2D eigenvalue weighted by Crippen LogP contribution is 2.55. The molecule has 5 heteroatoms. The minimum atomic E-state index is -0.386. The van der Waals surface area contributed by atoms with Gasteiger partial charge in [-0.05, 0) is 24.6 Å². The molecule has 0 saturated carbocycles. The summed E-state index contributed by atoms with van der Waals surface area (Å²) in [5, 5.41) is 0. The topological polar surface area (TPSA) is 43.4 Å². The first-order valence-electron chi connectivity index (χ1n) is 6.34. The van der Waals surface area contributed by atoms with Crippen molar-refractivity contribution in [2.24, 2.45) is 0 Å². The second-order valence-corrected chi connectivity index (χ2v) is 10.1. The highest BCUT2D eigenvalue weighted by atomic mass is 31.1. The minimum absolute atomic E-state index is 0.112. The van der Waals surface area contributed by atoms with Crippen molar-refractivity contribution in [3.63, 3.8) is 0 Å². The van der Waals surface area contributed by atoms with Gasteiger partial charge in [0.05, 0.1) is 11.3 Å². The molecule has 1 saturated heterocycles. The highest BCUT2D eigenvalue weighted by Gasteiger charge is 2.49. The third-order valence-corrected chi connectivity index (χ3v) is 9.47. The van der Waals surface area contributed by atoms with E-state index in [9.17, 15) is 9.59 Å². The summed E-state index contributed by atoms with van der Waals surface area (Å²) in [6, 6.07) is 0. The molecule has 0 aromatic heterocycles. The molecular weight excluding hydrogens is 254 g/mol. The van der Waals surface area contributed by atoms with Gasteiger partial charge in [0, 0.05) is 0 Å². The molecule has 1 fully saturated rings. The van der Waals surface area contributed by atoms with Gasteiger partial charge >= 0.3 is 11.9 Å². The maximum Gasteiger partial charge on any atom is 0.322 e. The van der Waals surface area contributed by atoms with Crippen LogP contribution < -0.4 is 0 Å². The van der Waals surface area contributed by atoms with E-state index in [1.807, 2.05) is 0 Å². The average Bonchev–Trinajstić information content (AvgIpc) is 2.60. The normalized spacial score (nSPS) is 24.8. The summed E-state index contributed by atoms with van der Waals surface area (Å²) in [4.78, 5) is 23.7. The zero-order valence-corrected chi connectivity index (χ0v) is 12.9. The molecular formula is C12H22O3P2.